The molecule has 0 spiro atoms. The van der Waals surface area contributed by atoms with Crippen LogP contribution in [0.1, 0.15) is 56.2 Å². The van der Waals surface area contributed by atoms with Gasteiger partial charge in [0.15, 0.2) is 0 Å². The number of anilines is 1. The van der Waals surface area contributed by atoms with Gasteiger partial charge in [-0.3, -0.25) is 14.5 Å². The van der Waals surface area contributed by atoms with Crippen LogP contribution in [0.4, 0.5) is 5.69 Å². The Morgan fingerprint density at radius 1 is 1.09 bits per heavy atom. The van der Waals surface area contributed by atoms with E-state index in [-0.39, 0.29) is 16.7 Å². The average Bonchev–Trinajstić information content (AvgIpc) is 3.44. The molecular weight excluding hydrogens is 430 g/mol. The second-order valence-electron chi connectivity index (χ2n) is 9.37. The fraction of sp³-hybridized carbons (Fsp3) is 0.286. The van der Waals surface area contributed by atoms with Crippen molar-refractivity contribution in [2.75, 3.05) is 12.0 Å². The predicted octanol–water partition coefficient (Wildman–Crippen LogP) is 5.77. The number of ether oxygens (including phenoxy) is 1. The van der Waals surface area contributed by atoms with Crippen molar-refractivity contribution in [2.45, 2.75) is 45.6 Å². The maximum Gasteiger partial charge on any atom is 0.300 e. The van der Waals surface area contributed by atoms with Gasteiger partial charge in [0.2, 0.25) is 0 Å². The zero-order chi connectivity index (χ0) is 24.6. The van der Waals surface area contributed by atoms with Crippen LogP contribution in [0.2, 0.25) is 0 Å². The first-order chi connectivity index (χ1) is 16.2. The molecule has 4 rings (SSSR count). The molecule has 6 heteroatoms. The highest BCUT2D eigenvalue weighted by atomic mass is 16.5. The number of furan rings is 1. The van der Waals surface area contributed by atoms with E-state index >= 15 is 0 Å². The number of nitrogens with zero attached hydrogens (tertiary/aromatic N) is 1. The average molecular weight is 460 g/mol. The minimum absolute atomic E-state index is 0.0381. The van der Waals surface area contributed by atoms with E-state index in [0.29, 0.717) is 22.8 Å². The van der Waals surface area contributed by atoms with Gasteiger partial charge in [0.25, 0.3) is 11.7 Å². The lowest BCUT2D eigenvalue weighted by Gasteiger charge is -2.24. The molecule has 1 aliphatic rings. The summed E-state index contributed by atoms with van der Waals surface area (Å²) in [4.78, 5) is 28.0. The van der Waals surface area contributed by atoms with Gasteiger partial charge in [-0.15, -0.1) is 0 Å². The highest BCUT2D eigenvalue weighted by molar-refractivity contribution is 6.51. The number of aliphatic hydroxyl groups excluding tert-OH is 1. The Kier molecular flexibility index (Phi) is 6.09. The van der Waals surface area contributed by atoms with E-state index in [1.165, 1.54) is 18.3 Å². The first-order valence-corrected chi connectivity index (χ1v) is 11.3. The summed E-state index contributed by atoms with van der Waals surface area (Å²) in [6.07, 6.45) is 2.33. The molecule has 1 aromatic heterocycles. The first-order valence-electron chi connectivity index (χ1n) is 11.3. The molecule has 1 atom stereocenters. The van der Waals surface area contributed by atoms with Crippen LogP contribution in [-0.2, 0) is 21.4 Å². The van der Waals surface area contributed by atoms with Crippen molar-refractivity contribution >= 4 is 23.1 Å². The van der Waals surface area contributed by atoms with Crippen LogP contribution in [-0.4, -0.2) is 23.9 Å². The summed E-state index contributed by atoms with van der Waals surface area (Å²) in [5, 5.41) is 11.5. The number of amides is 1. The summed E-state index contributed by atoms with van der Waals surface area (Å²) in [6.45, 7) is 8.21. The quantitative estimate of drug-likeness (QED) is 0.297. The molecular formula is C28H29NO5. The number of benzene rings is 2. The Morgan fingerprint density at radius 2 is 1.79 bits per heavy atom. The monoisotopic (exact) mass is 459 g/mol. The third-order valence-electron chi connectivity index (χ3n) is 6.20. The molecule has 1 amide bonds. The smallest absolute Gasteiger partial charge is 0.300 e. The molecule has 0 saturated carbocycles. The number of rotatable bonds is 5. The number of Topliss-reactive ketones (excluding diaryl/α,β-unsaturated/α-hetero) is 1. The number of ketones is 1. The number of aryl methyl sites for hydroxylation is 1. The van der Waals surface area contributed by atoms with E-state index in [4.69, 9.17) is 9.15 Å². The third kappa shape index (κ3) is 4.00. The highest BCUT2D eigenvalue weighted by Gasteiger charge is 2.48. The maximum atomic E-state index is 13.3. The van der Waals surface area contributed by atoms with Gasteiger partial charge in [-0.05, 0) is 59.4 Å². The molecule has 176 valence electrons. The highest BCUT2D eigenvalue weighted by Crippen LogP contribution is 2.44. The Balaban J connectivity index is 1.94. The van der Waals surface area contributed by atoms with E-state index < -0.39 is 17.7 Å². The normalized spacial score (nSPS) is 17.9. The molecule has 1 N–H and O–H groups in total. The Labute approximate surface area is 199 Å². The lowest BCUT2D eigenvalue weighted by atomic mass is 9.85. The topological polar surface area (TPSA) is 80.0 Å². The van der Waals surface area contributed by atoms with Crippen LogP contribution in [0.25, 0.3) is 5.76 Å². The zero-order valence-electron chi connectivity index (χ0n) is 20.1. The van der Waals surface area contributed by atoms with Crippen molar-refractivity contribution in [1.82, 2.24) is 0 Å². The summed E-state index contributed by atoms with van der Waals surface area (Å²) in [5.41, 5.74) is 2.73. The molecule has 2 aromatic carbocycles. The number of hydrogen-bond donors (Lipinski definition) is 1. The van der Waals surface area contributed by atoms with E-state index in [1.807, 2.05) is 25.1 Å². The summed E-state index contributed by atoms with van der Waals surface area (Å²) in [5.74, 6) is -1.01. The molecule has 0 radical (unpaired) electrons. The second-order valence-corrected chi connectivity index (χ2v) is 9.37. The molecule has 34 heavy (non-hydrogen) atoms. The number of carbonyl (C=O) groups excluding carboxylic acids is 2. The van der Waals surface area contributed by atoms with E-state index in [1.54, 1.807) is 36.4 Å². The lowest BCUT2D eigenvalue weighted by Crippen LogP contribution is -2.29. The minimum atomic E-state index is -0.912. The number of carbonyl (C=O) groups is 2. The van der Waals surface area contributed by atoms with Crippen LogP contribution < -0.4 is 9.64 Å². The maximum absolute atomic E-state index is 13.3. The number of hydrogen-bond acceptors (Lipinski definition) is 5. The molecule has 1 saturated heterocycles. The molecule has 1 fully saturated rings. The molecule has 2 heterocycles. The predicted molar refractivity (Wildman–Crippen MR) is 131 cm³/mol. The number of aliphatic hydroxyl groups is 1. The minimum Gasteiger partial charge on any atom is -0.507 e. The van der Waals surface area contributed by atoms with Crippen LogP contribution in [0.5, 0.6) is 5.75 Å². The van der Waals surface area contributed by atoms with Gasteiger partial charge in [0.05, 0.1) is 24.5 Å². The molecule has 3 aromatic rings. The van der Waals surface area contributed by atoms with Crippen molar-refractivity contribution in [2.24, 2.45) is 0 Å². The SMILES string of the molecule is CCc1ccc(N2C(=O)C(=O)/C(=C(/O)c3cc(C(C)(C)C)ccc3OC)C2c2ccco2)cc1. The van der Waals surface area contributed by atoms with Gasteiger partial charge < -0.3 is 14.3 Å². The van der Waals surface area contributed by atoms with Gasteiger partial charge in [0.1, 0.15) is 23.3 Å². The molecule has 0 aliphatic carbocycles. The largest absolute Gasteiger partial charge is 0.507 e. The van der Waals surface area contributed by atoms with Crippen LogP contribution in [0.15, 0.2) is 70.9 Å². The Bertz CT molecular complexity index is 1250. The summed E-state index contributed by atoms with van der Waals surface area (Å²) >= 11 is 0. The number of methoxy groups -OCH3 is 1. The van der Waals surface area contributed by atoms with E-state index in [0.717, 1.165) is 17.5 Å². The summed E-state index contributed by atoms with van der Waals surface area (Å²) < 4.78 is 11.1. The van der Waals surface area contributed by atoms with E-state index in [2.05, 4.69) is 20.8 Å². The standard InChI is InChI=1S/C28H29NO5/c1-6-17-9-12-19(13-10-17)29-24(22-8-7-15-34-22)23(26(31)27(29)32)25(30)20-16-18(28(2,3)4)11-14-21(20)33-5/h7-16,24,30H,6H2,1-5H3/b25-23+. The third-order valence-corrected chi connectivity index (χ3v) is 6.20. The Hall–Kier alpha value is -3.80. The van der Waals surface area contributed by atoms with Crippen molar-refractivity contribution < 1.29 is 23.8 Å². The van der Waals surface area contributed by atoms with E-state index in [9.17, 15) is 14.7 Å². The van der Waals surface area contributed by atoms with Gasteiger partial charge in [-0.1, -0.05) is 45.9 Å². The molecule has 6 nitrogen and oxygen atoms in total. The lowest BCUT2D eigenvalue weighted by molar-refractivity contribution is -0.132. The van der Waals surface area contributed by atoms with Crippen molar-refractivity contribution in [3.63, 3.8) is 0 Å². The molecule has 1 aliphatic heterocycles. The van der Waals surface area contributed by atoms with Crippen molar-refractivity contribution in [3.8, 4) is 5.75 Å². The fourth-order valence-corrected chi connectivity index (χ4v) is 4.21. The van der Waals surface area contributed by atoms with Crippen molar-refractivity contribution in [3.05, 3.63) is 88.9 Å². The second kappa shape index (κ2) is 8.86. The van der Waals surface area contributed by atoms with Crippen LogP contribution in [0.3, 0.4) is 0 Å². The summed E-state index contributed by atoms with van der Waals surface area (Å²) in [6, 6.07) is 15.4. The molecule has 0 bridgehead atoms. The Morgan fingerprint density at radius 3 is 2.35 bits per heavy atom. The van der Waals surface area contributed by atoms with Gasteiger partial charge >= 0.3 is 0 Å². The van der Waals surface area contributed by atoms with Crippen molar-refractivity contribution in [1.29, 1.82) is 0 Å². The molecule has 1 unspecified atom stereocenters. The van der Waals surface area contributed by atoms with Gasteiger partial charge in [-0.2, -0.15) is 0 Å². The fourth-order valence-electron chi connectivity index (χ4n) is 4.21. The van der Waals surface area contributed by atoms with Crippen LogP contribution in [0, 0.1) is 0 Å². The summed E-state index contributed by atoms with van der Waals surface area (Å²) in [7, 11) is 1.50. The zero-order valence-corrected chi connectivity index (χ0v) is 20.1. The van der Waals surface area contributed by atoms with Gasteiger partial charge in [-0.25, -0.2) is 0 Å². The first kappa shape index (κ1) is 23.4. The van der Waals surface area contributed by atoms with Gasteiger partial charge in [0, 0.05) is 5.69 Å². The van der Waals surface area contributed by atoms with Crippen LogP contribution >= 0.6 is 0 Å².